The summed E-state index contributed by atoms with van der Waals surface area (Å²) in [6.07, 6.45) is 3.01. The van der Waals surface area contributed by atoms with Crippen molar-refractivity contribution in [3.8, 4) is 5.75 Å². The summed E-state index contributed by atoms with van der Waals surface area (Å²) in [6.45, 7) is 2.97. The third-order valence-corrected chi connectivity index (χ3v) is 3.80. The van der Waals surface area contributed by atoms with Crippen molar-refractivity contribution in [3.05, 3.63) is 29.8 Å². The Balaban J connectivity index is 1.61. The Bertz CT molecular complexity index is 430. The van der Waals surface area contributed by atoms with Crippen LogP contribution in [0.25, 0.3) is 0 Å². The molecule has 20 heavy (non-hydrogen) atoms. The summed E-state index contributed by atoms with van der Waals surface area (Å²) in [6, 6.07) is 7.78. The lowest BCUT2D eigenvalue weighted by Crippen LogP contribution is -2.33. The van der Waals surface area contributed by atoms with Crippen LogP contribution in [0.15, 0.2) is 24.3 Å². The third kappa shape index (κ3) is 4.53. The van der Waals surface area contributed by atoms with Crippen LogP contribution in [-0.4, -0.2) is 30.3 Å². The van der Waals surface area contributed by atoms with Gasteiger partial charge in [0, 0.05) is 12.5 Å². The number of aliphatic hydroxyl groups excluding tert-OH is 1. The lowest BCUT2D eigenvalue weighted by Gasteiger charge is -2.15. The summed E-state index contributed by atoms with van der Waals surface area (Å²) in [5.74, 6) is 0.989. The van der Waals surface area contributed by atoms with Gasteiger partial charge in [-0.2, -0.15) is 0 Å². The zero-order valence-corrected chi connectivity index (χ0v) is 12.0. The van der Waals surface area contributed by atoms with Gasteiger partial charge in [-0.1, -0.05) is 24.1 Å². The quantitative estimate of drug-likeness (QED) is 0.836. The Morgan fingerprint density at radius 2 is 2.10 bits per heavy atom. The molecule has 1 amide bonds. The van der Waals surface area contributed by atoms with E-state index in [1.807, 2.05) is 31.2 Å². The van der Waals surface area contributed by atoms with Crippen molar-refractivity contribution in [2.24, 2.45) is 5.92 Å². The van der Waals surface area contributed by atoms with Crippen molar-refractivity contribution in [1.29, 1.82) is 0 Å². The fourth-order valence-corrected chi connectivity index (χ4v) is 2.48. The second-order valence-electron chi connectivity index (χ2n) is 5.47. The highest BCUT2D eigenvalue weighted by atomic mass is 16.5. The lowest BCUT2D eigenvalue weighted by atomic mass is 10.1. The smallest absolute Gasteiger partial charge is 0.223 e. The van der Waals surface area contributed by atoms with Gasteiger partial charge in [-0.05, 0) is 31.9 Å². The van der Waals surface area contributed by atoms with Gasteiger partial charge in [0.05, 0.1) is 19.1 Å². The molecule has 0 aromatic heterocycles. The highest BCUT2D eigenvalue weighted by molar-refractivity contribution is 5.75. The van der Waals surface area contributed by atoms with E-state index in [4.69, 9.17) is 4.74 Å². The number of carbonyl (C=O) groups is 1. The Morgan fingerprint density at radius 3 is 2.75 bits per heavy atom. The number of ether oxygens (including phenoxy) is 1. The van der Waals surface area contributed by atoms with Crippen LogP contribution in [0.1, 0.15) is 31.2 Å². The molecule has 0 heterocycles. The molecule has 1 saturated carbocycles. The number of amides is 1. The van der Waals surface area contributed by atoms with Gasteiger partial charge in [-0.25, -0.2) is 0 Å². The van der Waals surface area contributed by atoms with Crippen LogP contribution in [0.5, 0.6) is 5.75 Å². The van der Waals surface area contributed by atoms with E-state index >= 15 is 0 Å². The molecular formula is C16H23NO3. The summed E-state index contributed by atoms with van der Waals surface area (Å²) in [5.41, 5.74) is 1.19. The maximum absolute atomic E-state index is 11.7. The zero-order valence-electron chi connectivity index (χ0n) is 12.0. The number of rotatable bonds is 6. The average molecular weight is 277 g/mol. The van der Waals surface area contributed by atoms with Crippen LogP contribution in [0.3, 0.4) is 0 Å². The topological polar surface area (TPSA) is 58.6 Å². The molecule has 2 atom stereocenters. The van der Waals surface area contributed by atoms with Gasteiger partial charge in [0.1, 0.15) is 5.75 Å². The number of benzene rings is 1. The minimum Gasteiger partial charge on any atom is -0.493 e. The first-order valence-corrected chi connectivity index (χ1v) is 7.29. The first-order chi connectivity index (χ1) is 9.65. The molecule has 110 valence electrons. The Morgan fingerprint density at radius 1 is 1.35 bits per heavy atom. The molecule has 1 aliphatic carbocycles. The van der Waals surface area contributed by atoms with Crippen LogP contribution in [0, 0.1) is 12.8 Å². The van der Waals surface area contributed by atoms with E-state index < -0.39 is 0 Å². The monoisotopic (exact) mass is 277 g/mol. The number of hydrogen-bond donors (Lipinski definition) is 2. The van der Waals surface area contributed by atoms with Crippen LogP contribution in [-0.2, 0) is 4.79 Å². The van der Waals surface area contributed by atoms with Crippen LogP contribution >= 0.6 is 0 Å². The van der Waals surface area contributed by atoms with E-state index in [0.717, 1.165) is 25.0 Å². The summed E-state index contributed by atoms with van der Waals surface area (Å²) < 4.78 is 5.51. The summed E-state index contributed by atoms with van der Waals surface area (Å²) >= 11 is 0. The maximum atomic E-state index is 11.7. The van der Waals surface area contributed by atoms with Gasteiger partial charge >= 0.3 is 0 Å². The van der Waals surface area contributed by atoms with E-state index in [1.165, 1.54) is 5.56 Å². The fraction of sp³-hybridized carbons (Fsp3) is 0.562. The van der Waals surface area contributed by atoms with Crippen molar-refractivity contribution in [2.45, 2.75) is 38.7 Å². The zero-order chi connectivity index (χ0) is 14.4. The SMILES string of the molecule is Cc1ccc(OCCC(=O)NCC2CCCC2O)cc1. The van der Waals surface area contributed by atoms with E-state index in [1.54, 1.807) is 0 Å². The van der Waals surface area contributed by atoms with Gasteiger partial charge in [0.25, 0.3) is 0 Å². The van der Waals surface area contributed by atoms with Crippen molar-refractivity contribution >= 4 is 5.91 Å². The van der Waals surface area contributed by atoms with Crippen molar-refractivity contribution in [3.63, 3.8) is 0 Å². The van der Waals surface area contributed by atoms with Crippen molar-refractivity contribution in [1.82, 2.24) is 5.32 Å². The number of aliphatic hydroxyl groups is 1. The maximum Gasteiger partial charge on any atom is 0.223 e. The fourth-order valence-electron chi connectivity index (χ4n) is 2.48. The molecule has 1 fully saturated rings. The molecular weight excluding hydrogens is 254 g/mol. The highest BCUT2D eigenvalue weighted by Gasteiger charge is 2.25. The van der Waals surface area contributed by atoms with Crippen molar-refractivity contribution < 1.29 is 14.6 Å². The van der Waals surface area contributed by atoms with Crippen LogP contribution in [0.2, 0.25) is 0 Å². The molecule has 2 N–H and O–H groups in total. The summed E-state index contributed by atoms with van der Waals surface area (Å²) in [4.78, 5) is 11.7. The number of hydrogen-bond acceptors (Lipinski definition) is 3. The minimum absolute atomic E-state index is 0.0174. The second kappa shape index (κ2) is 7.29. The Hall–Kier alpha value is -1.55. The van der Waals surface area contributed by atoms with Crippen LogP contribution in [0.4, 0.5) is 0 Å². The number of carbonyl (C=O) groups excluding carboxylic acids is 1. The van der Waals surface area contributed by atoms with Crippen molar-refractivity contribution in [2.75, 3.05) is 13.2 Å². The molecule has 0 spiro atoms. The van der Waals surface area contributed by atoms with Gasteiger partial charge < -0.3 is 15.2 Å². The first kappa shape index (κ1) is 14.9. The first-order valence-electron chi connectivity index (χ1n) is 7.29. The van der Waals surface area contributed by atoms with E-state index in [9.17, 15) is 9.90 Å². The van der Waals surface area contributed by atoms with E-state index in [2.05, 4.69) is 5.32 Å². The molecule has 0 bridgehead atoms. The molecule has 1 aliphatic rings. The number of nitrogens with one attached hydrogen (secondary N) is 1. The summed E-state index contributed by atoms with van der Waals surface area (Å²) in [7, 11) is 0. The lowest BCUT2D eigenvalue weighted by molar-refractivity contribution is -0.121. The molecule has 2 unspecified atom stereocenters. The van der Waals surface area contributed by atoms with E-state index in [-0.39, 0.29) is 17.9 Å². The molecule has 0 radical (unpaired) electrons. The van der Waals surface area contributed by atoms with E-state index in [0.29, 0.717) is 19.6 Å². The Labute approximate surface area is 120 Å². The molecule has 4 heteroatoms. The highest BCUT2D eigenvalue weighted by Crippen LogP contribution is 2.24. The normalized spacial score (nSPS) is 21.7. The molecule has 1 aromatic rings. The molecule has 1 aromatic carbocycles. The predicted octanol–water partition coefficient (Wildman–Crippen LogP) is 2.04. The Kier molecular flexibility index (Phi) is 5.41. The molecule has 2 rings (SSSR count). The molecule has 4 nitrogen and oxygen atoms in total. The minimum atomic E-state index is -0.251. The molecule has 0 saturated heterocycles. The molecule has 0 aliphatic heterocycles. The standard InChI is InChI=1S/C16H23NO3/c1-12-5-7-14(8-6-12)20-10-9-16(19)17-11-13-3-2-4-15(13)18/h5-8,13,15,18H,2-4,9-11H2,1H3,(H,17,19). The van der Waals surface area contributed by atoms with Gasteiger partial charge in [-0.15, -0.1) is 0 Å². The average Bonchev–Trinajstić information content (AvgIpc) is 2.84. The third-order valence-electron chi connectivity index (χ3n) is 3.80. The number of aryl methyl sites for hydroxylation is 1. The van der Waals surface area contributed by atoms with Gasteiger partial charge in [0.2, 0.25) is 5.91 Å². The van der Waals surface area contributed by atoms with Gasteiger partial charge in [0.15, 0.2) is 0 Å². The predicted molar refractivity (Wildman–Crippen MR) is 77.6 cm³/mol. The summed E-state index contributed by atoms with van der Waals surface area (Å²) in [5, 5.41) is 12.5. The largest absolute Gasteiger partial charge is 0.493 e. The van der Waals surface area contributed by atoms with Crippen LogP contribution < -0.4 is 10.1 Å². The van der Waals surface area contributed by atoms with Gasteiger partial charge in [-0.3, -0.25) is 4.79 Å². The second-order valence-corrected chi connectivity index (χ2v) is 5.47.